The Bertz CT molecular complexity index is 342. The quantitative estimate of drug-likeness (QED) is 0.573. The van der Waals surface area contributed by atoms with Crippen molar-refractivity contribution in [3.8, 4) is 0 Å². The fraction of sp³-hybridized carbons (Fsp3) is 0.600. The Morgan fingerprint density at radius 1 is 1.06 bits per heavy atom. The third-order valence-electron chi connectivity index (χ3n) is 3.03. The van der Waals surface area contributed by atoms with Crippen LogP contribution in [0.5, 0.6) is 0 Å². The van der Waals surface area contributed by atoms with Crippen LogP contribution in [-0.2, 0) is 12.6 Å². The Balaban J connectivity index is 2.43. The summed E-state index contributed by atoms with van der Waals surface area (Å²) >= 11 is 0. The molecular weight excluding hydrogens is 237 g/mol. The number of benzene rings is 1. The van der Waals surface area contributed by atoms with Crippen LogP contribution in [0.15, 0.2) is 18.2 Å². The molecule has 3 heteroatoms. The summed E-state index contributed by atoms with van der Waals surface area (Å²) in [4.78, 5) is 0. The zero-order chi connectivity index (χ0) is 13.4. The largest absolute Gasteiger partial charge is 0.417 e. The molecule has 0 aliphatic rings. The van der Waals surface area contributed by atoms with Crippen molar-refractivity contribution in [2.45, 2.75) is 58.0 Å². The molecule has 0 saturated heterocycles. The molecule has 1 rings (SSSR count). The third kappa shape index (κ3) is 5.11. The van der Waals surface area contributed by atoms with E-state index >= 15 is 0 Å². The van der Waals surface area contributed by atoms with E-state index in [4.69, 9.17) is 0 Å². The summed E-state index contributed by atoms with van der Waals surface area (Å²) in [5, 5.41) is 0. The van der Waals surface area contributed by atoms with E-state index in [2.05, 4.69) is 13.0 Å². The van der Waals surface area contributed by atoms with Crippen molar-refractivity contribution in [1.29, 1.82) is 0 Å². The van der Waals surface area contributed by atoms with Crippen LogP contribution in [-0.4, -0.2) is 0 Å². The zero-order valence-electron chi connectivity index (χ0n) is 10.8. The monoisotopic (exact) mass is 257 g/mol. The zero-order valence-corrected chi connectivity index (χ0v) is 10.8. The highest BCUT2D eigenvalue weighted by molar-refractivity contribution is 5.28. The first-order valence-corrected chi connectivity index (χ1v) is 6.62. The van der Waals surface area contributed by atoms with Crippen LogP contribution in [0.2, 0.25) is 0 Å². The molecule has 0 N–H and O–H groups in total. The van der Waals surface area contributed by atoms with Crippen molar-refractivity contribution < 1.29 is 13.2 Å². The highest BCUT2D eigenvalue weighted by Crippen LogP contribution is 2.32. The summed E-state index contributed by atoms with van der Waals surface area (Å²) in [5.74, 6) is 0. The smallest absolute Gasteiger partial charge is 0.166 e. The predicted molar refractivity (Wildman–Crippen MR) is 67.4 cm³/mol. The van der Waals surface area contributed by atoms with Gasteiger partial charge in [0.1, 0.15) is 0 Å². The van der Waals surface area contributed by atoms with Gasteiger partial charge in [-0.3, -0.25) is 0 Å². The summed E-state index contributed by atoms with van der Waals surface area (Å²) in [5.41, 5.74) is -0.223. The molecule has 1 aromatic carbocycles. The molecule has 0 atom stereocenters. The normalized spacial score (nSPS) is 11.8. The lowest BCUT2D eigenvalue weighted by atomic mass is 10.00. The number of hydrogen-bond acceptors (Lipinski definition) is 0. The molecule has 101 valence electrons. The standard InChI is InChI=1S/C15H20F3/c1-2-3-4-5-6-7-10-13-11-8-9-12-14(13)15(16,17)18/h8-9,11H,2-7,10H2,1H3. The lowest BCUT2D eigenvalue weighted by molar-refractivity contribution is -0.138. The van der Waals surface area contributed by atoms with Crippen molar-refractivity contribution in [2.24, 2.45) is 0 Å². The summed E-state index contributed by atoms with van der Waals surface area (Å²) < 4.78 is 38.1. The topological polar surface area (TPSA) is 0 Å². The molecule has 0 fully saturated rings. The van der Waals surface area contributed by atoms with Crippen molar-refractivity contribution in [1.82, 2.24) is 0 Å². The first-order chi connectivity index (χ1) is 8.55. The van der Waals surface area contributed by atoms with Gasteiger partial charge in [0.25, 0.3) is 0 Å². The van der Waals surface area contributed by atoms with Gasteiger partial charge in [0.2, 0.25) is 0 Å². The van der Waals surface area contributed by atoms with Gasteiger partial charge in [-0.25, -0.2) is 0 Å². The van der Waals surface area contributed by atoms with Gasteiger partial charge < -0.3 is 0 Å². The molecule has 0 heterocycles. The fourth-order valence-corrected chi connectivity index (χ4v) is 2.04. The van der Waals surface area contributed by atoms with Crippen LogP contribution in [0.25, 0.3) is 0 Å². The number of rotatable bonds is 7. The van der Waals surface area contributed by atoms with Gasteiger partial charge in [-0.15, -0.1) is 0 Å². The van der Waals surface area contributed by atoms with Crippen LogP contribution in [0, 0.1) is 6.07 Å². The van der Waals surface area contributed by atoms with E-state index in [9.17, 15) is 13.2 Å². The molecule has 0 spiro atoms. The SMILES string of the molecule is CCCCCCCCc1ccc[c]c1C(F)(F)F. The molecule has 0 saturated carbocycles. The van der Waals surface area contributed by atoms with Crippen LogP contribution in [0.3, 0.4) is 0 Å². The van der Waals surface area contributed by atoms with Crippen molar-refractivity contribution in [3.63, 3.8) is 0 Å². The summed E-state index contributed by atoms with van der Waals surface area (Å²) in [7, 11) is 0. The first kappa shape index (κ1) is 15.1. The van der Waals surface area contributed by atoms with Gasteiger partial charge in [-0.2, -0.15) is 13.2 Å². The second-order valence-electron chi connectivity index (χ2n) is 4.59. The molecule has 18 heavy (non-hydrogen) atoms. The number of hydrogen-bond donors (Lipinski definition) is 0. The minimum atomic E-state index is -4.28. The van der Waals surface area contributed by atoms with Crippen LogP contribution < -0.4 is 0 Å². The summed E-state index contributed by atoms with van der Waals surface area (Å²) in [6, 6.07) is 6.83. The Labute approximate surface area is 107 Å². The van der Waals surface area contributed by atoms with Crippen LogP contribution >= 0.6 is 0 Å². The van der Waals surface area contributed by atoms with Gasteiger partial charge in [0, 0.05) is 0 Å². The highest BCUT2D eigenvalue weighted by Gasteiger charge is 2.32. The summed E-state index contributed by atoms with van der Waals surface area (Å²) in [6.07, 6.45) is 2.75. The van der Waals surface area contributed by atoms with E-state index < -0.39 is 11.7 Å². The van der Waals surface area contributed by atoms with Gasteiger partial charge in [-0.05, 0) is 24.5 Å². The van der Waals surface area contributed by atoms with Crippen LogP contribution in [0.1, 0.15) is 56.6 Å². The minimum absolute atomic E-state index is 0.375. The molecule has 0 amide bonds. The molecule has 0 nitrogen and oxygen atoms in total. The maximum absolute atomic E-state index is 12.7. The molecule has 1 radical (unpaired) electrons. The van der Waals surface area contributed by atoms with E-state index in [0.29, 0.717) is 12.0 Å². The molecule has 1 aromatic rings. The average molecular weight is 257 g/mol. The molecule has 0 aromatic heterocycles. The average Bonchev–Trinajstić information content (AvgIpc) is 2.33. The lowest BCUT2D eigenvalue weighted by Gasteiger charge is -2.11. The van der Waals surface area contributed by atoms with Crippen molar-refractivity contribution in [3.05, 3.63) is 35.4 Å². The fourth-order valence-electron chi connectivity index (χ4n) is 2.04. The molecule has 0 bridgehead atoms. The molecule has 0 unspecified atom stereocenters. The van der Waals surface area contributed by atoms with Gasteiger partial charge >= 0.3 is 6.18 Å². The van der Waals surface area contributed by atoms with Crippen molar-refractivity contribution >= 4 is 0 Å². The first-order valence-electron chi connectivity index (χ1n) is 6.62. The van der Waals surface area contributed by atoms with E-state index in [0.717, 1.165) is 19.3 Å². The van der Waals surface area contributed by atoms with Gasteiger partial charge in [-0.1, -0.05) is 57.2 Å². The van der Waals surface area contributed by atoms with E-state index in [1.165, 1.54) is 25.3 Å². The minimum Gasteiger partial charge on any atom is -0.166 e. The molecule has 0 aliphatic heterocycles. The van der Waals surface area contributed by atoms with E-state index in [1.807, 2.05) is 0 Å². The number of halogens is 3. The summed E-state index contributed by atoms with van der Waals surface area (Å²) in [6.45, 7) is 2.15. The number of aryl methyl sites for hydroxylation is 1. The highest BCUT2D eigenvalue weighted by atomic mass is 19.4. The molecular formula is C15H20F3. The lowest BCUT2D eigenvalue weighted by Crippen LogP contribution is -2.09. The maximum atomic E-state index is 12.7. The van der Waals surface area contributed by atoms with Crippen LogP contribution in [0.4, 0.5) is 13.2 Å². The second-order valence-corrected chi connectivity index (χ2v) is 4.59. The van der Waals surface area contributed by atoms with E-state index in [-0.39, 0.29) is 0 Å². The van der Waals surface area contributed by atoms with Gasteiger partial charge in [0.05, 0.1) is 5.56 Å². The van der Waals surface area contributed by atoms with Crippen molar-refractivity contribution in [2.75, 3.05) is 0 Å². The Morgan fingerprint density at radius 2 is 1.72 bits per heavy atom. The Kier molecular flexibility index (Phi) is 6.23. The molecule has 0 aliphatic carbocycles. The number of unbranched alkanes of at least 4 members (excludes halogenated alkanes) is 5. The Hall–Kier alpha value is -0.990. The van der Waals surface area contributed by atoms with E-state index in [1.54, 1.807) is 12.1 Å². The van der Waals surface area contributed by atoms with Gasteiger partial charge in [0.15, 0.2) is 0 Å². The third-order valence-corrected chi connectivity index (χ3v) is 3.03. The number of alkyl halides is 3. The second kappa shape index (κ2) is 7.45. The predicted octanol–water partition coefficient (Wildman–Crippen LogP) is 5.41. The maximum Gasteiger partial charge on any atom is 0.417 e. The Morgan fingerprint density at radius 3 is 2.39 bits per heavy atom.